The molecule has 5 nitrogen and oxygen atoms in total. The van der Waals surface area contributed by atoms with Crippen molar-refractivity contribution in [3.8, 4) is 0 Å². The molecule has 0 aliphatic rings. The van der Waals surface area contributed by atoms with Crippen LogP contribution < -0.4 is 10.6 Å². The number of anilines is 2. The molecule has 0 aliphatic heterocycles. The van der Waals surface area contributed by atoms with Crippen LogP contribution in [0, 0.1) is 0 Å². The van der Waals surface area contributed by atoms with Crippen molar-refractivity contribution < 1.29 is 14.3 Å². The molecule has 2 aromatic rings. The summed E-state index contributed by atoms with van der Waals surface area (Å²) in [6.07, 6.45) is 1.60. The van der Waals surface area contributed by atoms with Crippen LogP contribution in [0.15, 0.2) is 61.2 Å². The molecule has 0 saturated heterocycles. The number of benzene rings is 2. The van der Waals surface area contributed by atoms with Gasteiger partial charge in [-0.3, -0.25) is 4.79 Å². The largest absolute Gasteiger partial charge is 0.452 e. The fraction of sp³-hybridized carbons (Fsp3) is 0.111. The number of nitrogens with two attached hydrogens (primary N) is 1. The molecule has 2 aromatic carbocycles. The first kappa shape index (κ1) is 17.6. The van der Waals surface area contributed by atoms with Gasteiger partial charge in [-0.05, 0) is 30.3 Å². The Hall–Kier alpha value is -2.79. The van der Waals surface area contributed by atoms with E-state index in [1.54, 1.807) is 18.2 Å². The molecule has 6 heteroatoms. The van der Waals surface area contributed by atoms with Crippen molar-refractivity contribution in [2.45, 2.75) is 0 Å². The van der Waals surface area contributed by atoms with Gasteiger partial charge in [-0.2, -0.15) is 0 Å². The van der Waals surface area contributed by atoms with Crippen molar-refractivity contribution in [2.24, 2.45) is 0 Å². The van der Waals surface area contributed by atoms with Crippen LogP contribution in [0.25, 0.3) is 0 Å². The molecule has 1 amide bonds. The quantitative estimate of drug-likeness (QED) is 0.496. The summed E-state index contributed by atoms with van der Waals surface area (Å²) in [4.78, 5) is 25.9. The number of esters is 1. The molecule has 0 bridgehead atoms. The SMILES string of the molecule is C=CCN(C(=O)COC(=O)c1ccc(Cl)cc1N)c1ccccc1. The molecule has 24 heavy (non-hydrogen) atoms. The molecule has 0 aromatic heterocycles. The van der Waals surface area contributed by atoms with Crippen LogP contribution in [-0.2, 0) is 9.53 Å². The molecule has 0 saturated carbocycles. The molecule has 0 heterocycles. The highest BCUT2D eigenvalue weighted by molar-refractivity contribution is 6.31. The van der Waals surface area contributed by atoms with Crippen molar-refractivity contribution >= 4 is 34.9 Å². The van der Waals surface area contributed by atoms with Crippen molar-refractivity contribution in [2.75, 3.05) is 23.8 Å². The fourth-order valence-corrected chi connectivity index (χ4v) is 2.27. The summed E-state index contributed by atoms with van der Waals surface area (Å²) < 4.78 is 5.07. The third kappa shape index (κ3) is 4.36. The van der Waals surface area contributed by atoms with Crippen molar-refractivity contribution in [1.82, 2.24) is 0 Å². The molecule has 0 atom stereocenters. The number of nitrogen functional groups attached to an aromatic ring is 1. The summed E-state index contributed by atoms with van der Waals surface area (Å²) in [6.45, 7) is 3.55. The molecule has 2 N–H and O–H groups in total. The molecule has 0 unspecified atom stereocenters. The third-order valence-corrected chi connectivity index (χ3v) is 3.48. The summed E-state index contributed by atoms with van der Waals surface area (Å²) in [5, 5.41) is 0.418. The Balaban J connectivity index is 2.05. The summed E-state index contributed by atoms with van der Waals surface area (Å²) in [5.74, 6) is -1.04. The maximum atomic E-state index is 12.4. The maximum Gasteiger partial charge on any atom is 0.340 e. The van der Waals surface area contributed by atoms with Gasteiger partial charge in [-0.1, -0.05) is 35.9 Å². The van der Waals surface area contributed by atoms with E-state index in [4.69, 9.17) is 22.1 Å². The van der Waals surface area contributed by atoms with E-state index in [0.29, 0.717) is 17.3 Å². The summed E-state index contributed by atoms with van der Waals surface area (Å²) >= 11 is 5.79. The third-order valence-electron chi connectivity index (χ3n) is 3.24. The van der Waals surface area contributed by atoms with E-state index in [0.717, 1.165) is 0 Å². The number of nitrogens with zero attached hydrogens (tertiary/aromatic N) is 1. The summed E-state index contributed by atoms with van der Waals surface area (Å²) in [7, 11) is 0. The van der Waals surface area contributed by atoms with Crippen LogP contribution in [0.5, 0.6) is 0 Å². The Morgan fingerprint density at radius 3 is 2.54 bits per heavy atom. The highest BCUT2D eigenvalue weighted by atomic mass is 35.5. The number of rotatable bonds is 6. The summed E-state index contributed by atoms with van der Waals surface area (Å²) in [5.41, 5.74) is 6.80. The van der Waals surface area contributed by atoms with E-state index in [1.165, 1.54) is 23.1 Å². The van der Waals surface area contributed by atoms with E-state index in [9.17, 15) is 9.59 Å². The zero-order chi connectivity index (χ0) is 17.5. The van der Waals surface area contributed by atoms with Gasteiger partial charge in [0, 0.05) is 22.9 Å². The van der Waals surface area contributed by atoms with Crippen molar-refractivity contribution in [1.29, 1.82) is 0 Å². The Morgan fingerprint density at radius 1 is 1.21 bits per heavy atom. The molecular formula is C18H17ClN2O3. The number of hydrogen-bond donors (Lipinski definition) is 1. The average molecular weight is 345 g/mol. The lowest BCUT2D eigenvalue weighted by Gasteiger charge is -2.21. The van der Waals surface area contributed by atoms with Crippen LogP contribution in [0.3, 0.4) is 0 Å². The van der Waals surface area contributed by atoms with E-state index in [2.05, 4.69) is 6.58 Å². The first-order chi connectivity index (χ1) is 11.5. The molecule has 0 spiro atoms. The van der Waals surface area contributed by atoms with E-state index < -0.39 is 12.6 Å². The number of carbonyl (C=O) groups is 2. The van der Waals surface area contributed by atoms with Crippen LogP contribution in [0.4, 0.5) is 11.4 Å². The van der Waals surface area contributed by atoms with Crippen molar-refractivity contribution in [3.63, 3.8) is 0 Å². The second-order valence-electron chi connectivity index (χ2n) is 4.94. The number of para-hydroxylation sites is 1. The molecule has 0 radical (unpaired) electrons. The Morgan fingerprint density at radius 2 is 1.92 bits per heavy atom. The highest BCUT2D eigenvalue weighted by Gasteiger charge is 2.18. The number of ether oxygens (including phenoxy) is 1. The van der Waals surface area contributed by atoms with E-state index in [-0.39, 0.29) is 17.2 Å². The van der Waals surface area contributed by atoms with Gasteiger partial charge in [0.1, 0.15) is 0 Å². The van der Waals surface area contributed by atoms with Gasteiger partial charge in [0.05, 0.1) is 5.56 Å². The zero-order valence-corrected chi connectivity index (χ0v) is 13.7. The fourth-order valence-electron chi connectivity index (χ4n) is 2.09. The van der Waals surface area contributed by atoms with Gasteiger partial charge in [0.25, 0.3) is 5.91 Å². The van der Waals surface area contributed by atoms with Gasteiger partial charge < -0.3 is 15.4 Å². The van der Waals surface area contributed by atoms with Crippen LogP contribution in [0.1, 0.15) is 10.4 Å². The highest BCUT2D eigenvalue weighted by Crippen LogP contribution is 2.19. The van der Waals surface area contributed by atoms with Crippen LogP contribution in [-0.4, -0.2) is 25.0 Å². The topological polar surface area (TPSA) is 72.6 Å². The van der Waals surface area contributed by atoms with Gasteiger partial charge in [0.15, 0.2) is 6.61 Å². The predicted octanol–water partition coefficient (Wildman–Crippen LogP) is 3.30. The van der Waals surface area contributed by atoms with Gasteiger partial charge in [-0.25, -0.2) is 4.79 Å². The molecule has 2 rings (SSSR count). The van der Waals surface area contributed by atoms with Gasteiger partial charge in [0.2, 0.25) is 0 Å². The number of carbonyl (C=O) groups excluding carboxylic acids is 2. The van der Waals surface area contributed by atoms with Crippen molar-refractivity contribution in [3.05, 3.63) is 71.8 Å². The Bertz CT molecular complexity index is 747. The van der Waals surface area contributed by atoms with E-state index in [1.807, 2.05) is 18.2 Å². The minimum atomic E-state index is -0.677. The molecular weight excluding hydrogens is 328 g/mol. The standard InChI is InChI=1S/C18H17ClN2O3/c1-2-10-21(14-6-4-3-5-7-14)17(22)12-24-18(23)15-9-8-13(19)11-16(15)20/h2-9,11H,1,10,12,20H2. The Labute approximate surface area is 145 Å². The van der Waals surface area contributed by atoms with Crippen LogP contribution in [0.2, 0.25) is 5.02 Å². The van der Waals surface area contributed by atoms with Gasteiger partial charge in [-0.15, -0.1) is 6.58 Å². The zero-order valence-electron chi connectivity index (χ0n) is 12.9. The number of halogens is 1. The molecule has 0 fully saturated rings. The average Bonchev–Trinajstić information content (AvgIpc) is 2.58. The second kappa shape index (κ2) is 8.17. The first-order valence-electron chi connectivity index (χ1n) is 7.21. The lowest BCUT2D eigenvalue weighted by Crippen LogP contribution is -2.34. The normalized spacial score (nSPS) is 10.0. The number of amides is 1. The second-order valence-corrected chi connectivity index (χ2v) is 5.37. The number of hydrogen-bond acceptors (Lipinski definition) is 4. The van der Waals surface area contributed by atoms with Crippen LogP contribution >= 0.6 is 11.6 Å². The van der Waals surface area contributed by atoms with E-state index >= 15 is 0 Å². The monoisotopic (exact) mass is 344 g/mol. The van der Waals surface area contributed by atoms with Gasteiger partial charge >= 0.3 is 5.97 Å². The molecule has 124 valence electrons. The maximum absolute atomic E-state index is 12.4. The minimum absolute atomic E-state index is 0.169. The lowest BCUT2D eigenvalue weighted by molar-refractivity contribution is -0.121. The first-order valence-corrected chi connectivity index (χ1v) is 7.59. The smallest absolute Gasteiger partial charge is 0.340 e. The molecule has 0 aliphatic carbocycles. The lowest BCUT2D eigenvalue weighted by atomic mass is 10.2. The minimum Gasteiger partial charge on any atom is -0.452 e. The predicted molar refractivity (Wildman–Crippen MR) is 95.1 cm³/mol. The summed E-state index contributed by atoms with van der Waals surface area (Å²) in [6, 6.07) is 13.5. The Kier molecular flexibility index (Phi) is 5.98.